The van der Waals surface area contributed by atoms with Gasteiger partial charge in [-0.15, -0.1) is 11.3 Å². The summed E-state index contributed by atoms with van der Waals surface area (Å²) in [6.07, 6.45) is -4.21. The Morgan fingerprint density at radius 2 is 1.74 bits per heavy atom. The second kappa shape index (κ2) is 11.4. The quantitative estimate of drug-likeness (QED) is 0.176. The summed E-state index contributed by atoms with van der Waals surface area (Å²) in [6, 6.07) is 19.0. The highest BCUT2D eigenvalue weighted by Gasteiger charge is 2.34. The molecule has 7 nitrogen and oxygen atoms in total. The van der Waals surface area contributed by atoms with Crippen LogP contribution in [-0.4, -0.2) is 28.5 Å². The van der Waals surface area contributed by atoms with Crippen LogP contribution in [0.15, 0.2) is 95.3 Å². The van der Waals surface area contributed by atoms with Crippen LogP contribution >= 0.6 is 22.9 Å². The fraction of sp³-hybridized carbons (Fsp3) is 0.0312. The minimum absolute atomic E-state index is 0.00404. The molecule has 0 spiro atoms. The summed E-state index contributed by atoms with van der Waals surface area (Å²) in [4.78, 5) is 14.4. The van der Waals surface area contributed by atoms with Gasteiger partial charge in [0.1, 0.15) is 27.4 Å². The number of carboxylic acids is 1. The van der Waals surface area contributed by atoms with E-state index in [9.17, 15) is 41.1 Å². The fourth-order valence-electron chi connectivity index (χ4n) is 5.13. The van der Waals surface area contributed by atoms with E-state index in [4.69, 9.17) is 11.6 Å². The van der Waals surface area contributed by atoms with Gasteiger partial charge in [-0.3, -0.25) is 4.98 Å². The van der Waals surface area contributed by atoms with Gasteiger partial charge in [0.05, 0.1) is 16.8 Å². The molecule has 46 heavy (non-hydrogen) atoms. The van der Waals surface area contributed by atoms with Crippen LogP contribution in [0.4, 0.5) is 17.6 Å². The molecule has 0 bridgehead atoms. The molecule has 0 radical (unpaired) electrons. The Balaban J connectivity index is 1.69. The normalized spacial score (nSPS) is 11.9. The van der Waals surface area contributed by atoms with E-state index in [1.165, 1.54) is 24.3 Å². The van der Waals surface area contributed by atoms with Gasteiger partial charge in [-0.1, -0.05) is 35.9 Å². The summed E-state index contributed by atoms with van der Waals surface area (Å²) in [5.41, 5.74) is 0.313. The van der Waals surface area contributed by atoms with Crippen LogP contribution in [0, 0.1) is 17.1 Å². The van der Waals surface area contributed by atoms with Crippen molar-refractivity contribution < 1.29 is 35.9 Å². The van der Waals surface area contributed by atoms with Crippen molar-refractivity contribution >= 4 is 49.8 Å². The summed E-state index contributed by atoms with van der Waals surface area (Å²) < 4.78 is 84.1. The number of aromatic carboxylic acids is 1. The SMILES string of the molecule is N#Cc1sccc1-c1c(-c2cccc(-c3ccc(C(=O)O)cc3Cl)c2)n(S(=O)(=O)c2ccc(C(F)(F)F)nc2)c2ccc(F)cc12. The van der Waals surface area contributed by atoms with Crippen LogP contribution in [0.3, 0.4) is 0 Å². The number of benzene rings is 3. The lowest BCUT2D eigenvalue weighted by molar-refractivity contribution is -0.141. The number of pyridine rings is 1. The highest BCUT2D eigenvalue weighted by atomic mass is 35.5. The number of alkyl halides is 3. The Labute approximate surface area is 267 Å². The first-order valence-corrected chi connectivity index (χ1v) is 15.8. The second-order valence-electron chi connectivity index (χ2n) is 9.89. The lowest BCUT2D eigenvalue weighted by atomic mass is 9.96. The third-order valence-electron chi connectivity index (χ3n) is 7.15. The predicted octanol–water partition coefficient (Wildman–Crippen LogP) is 8.72. The molecular formula is C32H16ClF4N3O4S2. The number of nitrogens with zero attached hydrogens (tertiary/aromatic N) is 3. The number of aromatic nitrogens is 2. The fourth-order valence-corrected chi connectivity index (χ4v) is 7.61. The van der Waals surface area contributed by atoms with Crippen LogP contribution in [0.2, 0.25) is 5.02 Å². The zero-order valence-corrected chi connectivity index (χ0v) is 25.3. The van der Waals surface area contributed by atoms with Crippen LogP contribution < -0.4 is 0 Å². The number of hydrogen-bond acceptors (Lipinski definition) is 6. The highest BCUT2D eigenvalue weighted by Crippen LogP contribution is 2.46. The molecule has 0 fully saturated rings. The van der Waals surface area contributed by atoms with Gasteiger partial charge in [-0.25, -0.2) is 21.6 Å². The van der Waals surface area contributed by atoms with Crippen LogP contribution in [0.5, 0.6) is 0 Å². The zero-order chi connectivity index (χ0) is 33.0. The molecule has 6 rings (SSSR count). The molecule has 3 aromatic heterocycles. The number of rotatable bonds is 6. The first-order chi connectivity index (χ1) is 21.8. The van der Waals surface area contributed by atoms with Crippen molar-refractivity contribution in [2.75, 3.05) is 0 Å². The van der Waals surface area contributed by atoms with Gasteiger partial charge in [-0.2, -0.15) is 18.4 Å². The Bertz CT molecular complexity index is 2340. The molecule has 0 atom stereocenters. The zero-order valence-electron chi connectivity index (χ0n) is 22.9. The minimum atomic E-state index is -4.81. The Morgan fingerprint density at radius 3 is 2.39 bits per heavy atom. The molecule has 1 N–H and O–H groups in total. The predicted molar refractivity (Wildman–Crippen MR) is 165 cm³/mol. The molecule has 0 amide bonds. The molecule has 230 valence electrons. The molecule has 0 aliphatic rings. The number of nitriles is 1. The van der Waals surface area contributed by atoms with Crippen LogP contribution in [0.1, 0.15) is 20.9 Å². The monoisotopic (exact) mass is 681 g/mol. The molecule has 0 aliphatic heterocycles. The van der Waals surface area contributed by atoms with Crippen molar-refractivity contribution in [3.05, 3.63) is 117 Å². The summed E-state index contributed by atoms with van der Waals surface area (Å²) >= 11 is 7.53. The number of halogens is 5. The van der Waals surface area contributed by atoms with Gasteiger partial charge < -0.3 is 5.11 Å². The molecule has 3 heterocycles. The van der Waals surface area contributed by atoms with E-state index in [1.54, 1.807) is 35.7 Å². The van der Waals surface area contributed by atoms with E-state index in [2.05, 4.69) is 11.1 Å². The van der Waals surface area contributed by atoms with Crippen molar-refractivity contribution in [3.63, 3.8) is 0 Å². The summed E-state index contributed by atoms with van der Waals surface area (Å²) in [5.74, 6) is -1.88. The maximum atomic E-state index is 14.8. The van der Waals surface area contributed by atoms with E-state index >= 15 is 0 Å². The van der Waals surface area contributed by atoms with Crippen molar-refractivity contribution in [3.8, 4) is 39.6 Å². The second-order valence-corrected chi connectivity index (χ2v) is 13.0. The third-order valence-corrected chi connectivity index (χ3v) is 9.98. The van der Waals surface area contributed by atoms with E-state index in [0.29, 0.717) is 29.0 Å². The van der Waals surface area contributed by atoms with Crippen molar-refractivity contribution in [1.82, 2.24) is 8.96 Å². The van der Waals surface area contributed by atoms with Gasteiger partial charge in [0.2, 0.25) is 0 Å². The maximum absolute atomic E-state index is 14.8. The van der Waals surface area contributed by atoms with E-state index in [1.807, 2.05) is 0 Å². The van der Waals surface area contributed by atoms with E-state index in [0.717, 1.165) is 33.5 Å². The number of fused-ring (bicyclic) bond motifs is 1. The first kappa shape index (κ1) is 31.0. The molecule has 6 aromatic rings. The molecule has 3 aromatic carbocycles. The summed E-state index contributed by atoms with van der Waals surface area (Å²) in [5, 5.41) is 21.1. The highest BCUT2D eigenvalue weighted by molar-refractivity contribution is 7.90. The molecule has 0 saturated heterocycles. The van der Waals surface area contributed by atoms with Gasteiger partial charge in [0.15, 0.2) is 0 Å². The van der Waals surface area contributed by atoms with Gasteiger partial charge in [0.25, 0.3) is 10.0 Å². The average Bonchev–Trinajstić information content (AvgIpc) is 3.62. The van der Waals surface area contributed by atoms with Gasteiger partial charge in [-0.05, 0) is 65.5 Å². The Morgan fingerprint density at radius 1 is 0.978 bits per heavy atom. The molecule has 0 aliphatic carbocycles. The largest absolute Gasteiger partial charge is 0.478 e. The van der Waals surface area contributed by atoms with Crippen molar-refractivity contribution in [1.29, 1.82) is 5.26 Å². The number of carboxylic acid groups (broad SMARTS) is 1. The van der Waals surface area contributed by atoms with Crippen molar-refractivity contribution in [2.24, 2.45) is 0 Å². The topological polar surface area (TPSA) is 113 Å². The van der Waals surface area contributed by atoms with E-state index < -0.39 is 38.6 Å². The first-order valence-electron chi connectivity index (χ1n) is 13.1. The standard InChI is InChI=1S/C32H16ClF4N3O4S2/c33-25-13-19(31(41)42)4-7-22(25)17-2-1-3-18(12-17)30-29(23-10-11-45-27(23)15-38)24-14-20(34)5-8-26(24)40(30)46(43,44)21-6-9-28(39-16-21)32(35,36)37/h1-14,16H,(H,41,42). The van der Waals surface area contributed by atoms with Crippen LogP contribution in [0.25, 0.3) is 44.4 Å². The smallest absolute Gasteiger partial charge is 0.433 e. The Hall–Kier alpha value is -5.03. The van der Waals surface area contributed by atoms with Gasteiger partial charge in [0, 0.05) is 38.9 Å². The van der Waals surface area contributed by atoms with Crippen LogP contribution in [-0.2, 0) is 16.2 Å². The molecule has 0 unspecified atom stereocenters. The van der Waals surface area contributed by atoms with Crippen molar-refractivity contribution in [2.45, 2.75) is 11.1 Å². The molecular weight excluding hydrogens is 666 g/mol. The molecule has 14 heteroatoms. The lowest BCUT2D eigenvalue weighted by Gasteiger charge is -2.15. The number of carbonyl (C=O) groups is 1. The third kappa shape index (κ3) is 5.30. The number of hydrogen-bond donors (Lipinski definition) is 1. The summed E-state index contributed by atoms with van der Waals surface area (Å²) in [6.45, 7) is 0. The van der Waals surface area contributed by atoms with Gasteiger partial charge >= 0.3 is 12.1 Å². The lowest BCUT2D eigenvalue weighted by Crippen LogP contribution is -2.16. The Kier molecular flexibility index (Phi) is 7.68. The number of thiophene rings is 1. The average molecular weight is 682 g/mol. The molecule has 0 saturated carbocycles. The summed E-state index contributed by atoms with van der Waals surface area (Å²) in [7, 11) is -4.72. The maximum Gasteiger partial charge on any atom is 0.433 e. The minimum Gasteiger partial charge on any atom is -0.478 e. The van der Waals surface area contributed by atoms with E-state index in [-0.39, 0.29) is 43.2 Å².